The zero-order chi connectivity index (χ0) is 13.0. The molecule has 0 radical (unpaired) electrons. The van der Waals surface area contributed by atoms with Crippen LogP contribution >= 0.6 is 11.8 Å². The molecule has 6 heteroatoms. The van der Waals surface area contributed by atoms with E-state index in [-0.39, 0.29) is 5.54 Å². The number of nitrogens with zero attached hydrogens (tertiary/aromatic N) is 1. The molecule has 0 aromatic heterocycles. The molecule has 1 heterocycles. The minimum Gasteiger partial charge on any atom is -0.359 e. The second-order valence-electron chi connectivity index (χ2n) is 5.35. The topological polar surface area (TPSA) is 79.5 Å². The van der Waals surface area contributed by atoms with Gasteiger partial charge in [0.25, 0.3) is 0 Å². The van der Waals surface area contributed by atoms with Crippen molar-refractivity contribution in [3.05, 3.63) is 0 Å². The first-order valence-electron chi connectivity index (χ1n) is 6.58. The van der Waals surface area contributed by atoms with E-state index in [1.807, 2.05) is 0 Å². The maximum atomic E-state index is 10.5. The second kappa shape index (κ2) is 5.82. The standard InChI is InChI=1S/C12H22N4OS/c1-9-2-4-12(5-3-9)8-18-11(16-12)15-7-6-14-10(13)17/h9H,2-8H2,1H3,(H,15,16)(H3,13,14,17). The maximum Gasteiger partial charge on any atom is 0.312 e. The molecule has 1 spiro atoms. The monoisotopic (exact) mass is 270 g/mol. The summed E-state index contributed by atoms with van der Waals surface area (Å²) >= 11 is 1.80. The van der Waals surface area contributed by atoms with Crippen molar-refractivity contribution in [1.82, 2.24) is 10.6 Å². The molecule has 0 unspecified atom stereocenters. The Morgan fingerprint density at radius 3 is 3.00 bits per heavy atom. The predicted octanol–water partition coefficient (Wildman–Crippen LogP) is 1.30. The van der Waals surface area contributed by atoms with E-state index in [1.54, 1.807) is 11.8 Å². The summed E-state index contributed by atoms with van der Waals surface area (Å²) in [6.45, 7) is 3.43. The zero-order valence-corrected chi connectivity index (χ0v) is 11.7. The van der Waals surface area contributed by atoms with Crippen LogP contribution in [-0.2, 0) is 0 Å². The van der Waals surface area contributed by atoms with E-state index in [0.717, 1.165) is 16.8 Å². The molecule has 2 fully saturated rings. The number of carbonyl (C=O) groups is 1. The summed E-state index contributed by atoms with van der Waals surface area (Å²) in [6, 6.07) is -0.486. The summed E-state index contributed by atoms with van der Waals surface area (Å²) in [7, 11) is 0. The Balaban J connectivity index is 1.77. The van der Waals surface area contributed by atoms with Crippen LogP contribution in [0.2, 0.25) is 0 Å². The van der Waals surface area contributed by atoms with Crippen LogP contribution in [0.3, 0.4) is 0 Å². The number of amidine groups is 1. The molecule has 0 aromatic carbocycles. The minimum atomic E-state index is -0.486. The lowest BCUT2D eigenvalue weighted by Crippen LogP contribution is -2.46. The van der Waals surface area contributed by atoms with Crippen LogP contribution in [0.5, 0.6) is 0 Å². The molecule has 1 aliphatic carbocycles. The number of amides is 2. The quantitative estimate of drug-likeness (QED) is 0.676. The number of hydrogen-bond acceptors (Lipinski definition) is 3. The number of urea groups is 1. The largest absolute Gasteiger partial charge is 0.359 e. The lowest BCUT2D eigenvalue weighted by Gasteiger charge is -2.35. The molecule has 102 valence electrons. The van der Waals surface area contributed by atoms with Gasteiger partial charge in [0.15, 0.2) is 5.17 Å². The van der Waals surface area contributed by atoms with Gasteiger partial charge < -0.3 is 16.4 Å². The minimum absolute atomic E-state index is 0.285. The lowest BCUT2D eigenvalue weighted by molar-refractivity contribution is 0.249. The van der Waals surface area contributed by atoms with Gasteiger partial charge in [-0.1, -0.05) is 18.7 Å². The summed E-state index contributed by atoms with van der Waals surface area (Å²) in [6.07, 6.45) is 5.12. The molecule has 4 N–H and O–H groups in total. The Morgan fingerprint density at radius 2 is 2.33 bits per heavy atom. The molecule has 0 bridgehead atoms. The first-order chi connectivity index (χ1) is 8.60. The summed E-state index contributed by atoms with van der Waals surface area (Å²) in [4.78, 5) is 15.0. The van der Waals surface area contributed by atoms with E-state index < -0.39 is 6.03 Å². The van der Waals surface area contributed by atoms with E-state index >= 15 is 0 Å². The number of primary amides is 1. The predicted molar refractivity (Wildman–Crippen MR) is 75.8 cm³/mol. The van der Waals surface area contributed by atoms with Crippen LogP contribution < -0.4 is 16.4 Å². The van der Waals surface area contributed by atoms with Crippen molar-refractivity contribution in [2.24, 2.45) is 16.6 Å². The summed E-state index contributed by atoms with van der Waals surface area (Å²) in [5.41, 5.74) is 5.28. The van der Waals surface area contributed by atoms with Gasteiger partial charge in [0, 0.05) is 17.8 Å². The number of aliphatic imine (C=N–C) groups is 1. The average Bonchev–Trinajstić information content (AvgIpc) is 2.73. The molecule has 1 aliphatic heterocycles. The molecule has 2 rings (SSSR count). The van der Waals surface area contributed by atoms with Gasteiger partial charge in [-0.3, -0.25) is 4.99 Å². The van der Waals surface area contributed by atoms with Gasteiger partial charge in [0.1, 0.15) is 0 Å². The highest BCUT2D eigenvalue weighted by Crippen LogP contribution is 2.38. The fourth-order valence-electron chi connectivity index (χ4n) is 2.51. The summed E-state index contributed by atoms with van der Waals surface area (Å²) in [5.74, 6) is 1.99. The Hall–Kier alpha value is -0.910. The van der Waals surface area contributed by atoms with E-state index in [2.05, 4.69) is 22.5 Å². The first-order valence-corrected chi connectivity index (χ1v) is 7.57. The fraction of sp³-hybridized carbons (Fsp3) is 0.833. The van der Waals surface area contributed by atoms with E-state index in [4.69, 9.17) is 5.73 Å². The molecule has 2 amide bonds. The van der Waals surface area contributed by atoms with Crippen LogP contribution in [0, 0.1) is 5.92 Å². The van der Waals surface area contributed by atoms with Crippen molar-refractivity contribution < 1.29 is 4.79 Å². The number of nitrogens with two attached hydrogens (primary N) is 1. The normalized spacial score (nSPS) is 33.6. The number of thioether (sulfide) groups is 1. The van der Waals surface area contributed by atoms with Crippen LogP contribution in [0.4, 0.5) is 4.79 Å². The smallest absolute Gasteiger partial charge is 0.312 e. The summed E-state index contributed by atoms with van der Waals surface area (Å²) < 4.78 is 0. The molecule has 0 atom stereocenters. The number of carbonyl (C=O) groups excluding carboxylic acids is 1. The molecule has 2 aliphatic rings. The van der Waals surface area contributed by atoms with Gasteiger partial charge in [0.2, 0.25) is 0 Å². The molecule has 1 saturated carbocycles. The molecule has 1 saturated heterocycles. The number of rotatable bonds is 3. The van der Waals surface area contributed by atoms with Gasteiger partial charge >= 0.3 is 6.03 Å². The molecule has 0 aromatic rings. The summed E-state index contributed by atoms with van der Waals surface area (Å²) in [5, 5.41) is 7.15. The average molecular weight is 270 g/mol. The van der Waals surface area contributed by atoms with Crippen molar-refractivity contribution in [2.75, 3.05) is 18.8 Å². The third-order valence-corrected chi connectivity index (χ3v) is 4.96. The van der Waals surface area contributed by atoms with Crippen LogP contribution in [0.15, 0.2) is 4.99 Å². The highest BCUT2D eigenvalue weighted by atomic mass is 32.2. The maximum absolute atomic E-state index is 10.5. The van der Waals surface area contributed by atoms with Gasteiger partial charge in [-0.2, -0.15) is 0 Å². The Labute approximate surface area is 112 Å². The van der Waals surface area contributed by atoms with E-state index in [1.165, 1.54) is 25.7 Å². The molecular weight excluding hydrogens is 248 g/mol. The van der Waals surface area contributed by atoms with Crippen molar-refractivity contribution in [2.45, 2.75) is 38.1 Å². The van der Waals surface area contributed by atoms with Crippen molar-refractivity contribution in [3.8, 4) is 0 Å². The molecule has 18 heavy (non-hydrogen) atoms. The van der Waals surface area contributed by atoms with Gasteiger partial charge in [-0.05, 0) is 31.6 Å². The van der Waals surface area contributed by atoms with Gasteiger partial charge in [0.05, 0.1) is 6.54 Å². The Kier molecular flexibility index (Phi) is 4.37. The molecular formula is C12H22N4OS. The first kappa shape index (κ1) is 13.5. The highest BCUT2D eigenvalue weighted by molar-refractivity contribution is 8.14. The SMILES string of the molecule is CC1CCC2(CC1)CSC(=NCCNC(N)=O)N2. The highest BCUT2D eigenvalue weighted by Gasteiger charge is 2.39. The lowest BCUT2D eigenvalue weighted by atomic mass is 9.78. The van der Waals surface area contributed by atoms with Crippen LogP contribution in [-0.4, -0.2) is 35.6 Å². The van der Waals surface area contributed by atoms with E-state index in [9.17, 15) is 4.79 Å². The third kappa shape index (κ3) is 3.54. The van der Waals surface area contributed by atoms with Crippen LogP contribution in [0.1, 0.15) is 32.6 Å². The van der Waals surface area contributed by atoms with Crippen LogP contribution in [0.25, 0.3) is 0 Å². The number of hydrogen-bond donors (Lipinski definition) is 3. The Bertz CT molecular complexity index is 337. The number of nitrogens with one attached hydrogen (secondary N) is 2. The second-order valence-corrected chi connectivity index (χ2v) is 6.32. The van der Waals surface area contributed by atoms with Gasteiger partial charge in [-0.15, -0.1) is 0 Å². The van der Waals surface area contributed by atoms with E-state index in [0.29, 0.717) is 13.1 Å². The zero-order valence-electron chi connectivity index (χ0n) is 10.9. The van der Waals surface area contributed by atoms with Gasteiger partial charge in [-0.25, -0.2) is 4.79 Å². The fourth-order valence-corrected chi connectivity index (χ4v) is 3.76. The third-order valence-electron chi connectivity index (χ3n) is 3.76. The Morgan fingerprint density at radius 1 is 1.61 bits per heavy atom. The van der Waals surface area contributed by atoms with Crippen molar-refractivity contribution in [1.29, 1.82) is 0 Å². The van der Waals surface area contributed by atoms with Crippen molar-refractivity contribution in [3.63, 3.8) is 0 Å². The van der Waals surface area contributed by atoms with Crippen molar-refractivity contribution >= 4 is 23.0 Å². The molecule has 5 nitrogen and oxygen atoms in total.